The van der Waals surface area contributed by atoms with Crippen molar-refractivity contribution >= 4 is 27.1 Å². The van der Waals surface area contributed by atoms with Crippen molar-refractivity contribution < 1.29 is 13.2 Å². The van der Waals surface area contributed by atoms with E-state index in [0.29, 0.717) is 12.5 Å². The first-order chi connectivity index (χ1) is 8.08. The average Bonchev–Trinajstić information content (AvgIpc) is 2.82. The van der Waals surface area contributed by atoms with Gasteiger partial charge in [-0.1, -0.05) is 6.07 Å². The molecule has 1 aliphatic carbocycles. The molecule has 0 spiro atoms. The molecule has 2 heterocycles. The molecule has 1 aromatic heterocycles. The van der Waals surface area contributed by atoms with Crippen molar-refractivity contribution in [1.29, 1.82) is 0 Å². The fourth-order valence-corrected chi connectivity index (χ4v) is 5.21. The van der Waals surface area contributed by atoms with Gasteiger partial charge in [-0.2, -0.15) is 0 Å². The van der Waals surface area contributed by atoms with E-state index in [1.807, 2.05) is 11.4 Å². The van der Waals surface area contributed by atoms with Crippen LogP contribution in [-0.4, -0.2) is 31.5 Å². The molecule has 0 bridgehead atoms. The van der Waals surface area contributed by atoms with E-state index in [0.717, 1.165) is 17.7 Å². The minimum atomic E-state index is -3.34. The fraction of sp³-hybridized carbons (Fsp3) is 0.545. The van der Waals surface area contributed by atoms with Crippen LogP contribution in [0.2, 0.25) is 0 Å². The van der Waals surface area contributed by atoms with Crippen LogP contribution in [0.4, 0.5) is 0 Å². The highest BCUT2D eigenvalue weighted by molar-refractivity contribution is 7.92. The van der Waals surface area contributed by atoms with Gasteiger partial charge in [-0.3, -0.25) is 4.79 Å². The number of hydrogen-bond donors (Lipinski definition) is 0. The monoisotopic (exact) mass is 271 g/mol. The van der Waals surface area contributed by atoms with E-state index in [9.17, 15) is 13.2 Å². The molecular formula is C11H13NO3S2. The summed E-state index contributed by atoms with van der Waals surface area (Å²) in [7, 11) is -3.34. The second-order valence-electron chi connectivity index (χ2n) is 4.66. The third kappa shape index (κ3) is 1.99. The second-order valence-corrected chi connectivity index (χ2v) is 7.70. The zero-order chi connectivity index (χ0) is 12.0. The molecule has 17 heavy (non-hydrogen) atoms. The zero-order valence-corrected chi connectivity index (χ0v) is 10.8. The molecule has 1 saturated heterocycles. The minimum absolute atomic E-state index is 0.240. The summed E-state index contributed by atoms with van der Waals surface area (Å²) >= 11 is 1.40. The second kappa shape index (κ2) is 3.81. The van der Waals surface area contributed by atoms with Gasteiger partial charge < -0.3 is 4.90 Å². The van der Waals surface area contributed by atoms with E-state index in [2.05, 4.69) is 0 Å². The number of carbonyl (C=O) groups is 1. The summed E-state index contributed by atoms with van der Waals surface area (Å²) in [6, 6.07) is 3.62. The first kappa shape index (κ1) is 11.2. The fourth-order valence-electron chi connectivity index (χ4n) is 2.20. The molecule has 0 radical (unpaired) electrons. The van der Waals surface area contributed by atoms with Crippen LogP contribution in [0.25, 0.3) is 0 Å². The quantitative estimate of drug-likeness (QED) is 0.835. The van der Waals surface area contributed by atoms with Crippen molar-refractivity contribution in [3.05, 3.63) is 22.4 Å². The summed E-state index contributed by atoms with van der Waals surface area (Å²) in [5, 5.41) is 1.12. The lowest BCUT2D eigenvalue weighted by atomic mass is 10.3. The molecule has 1 atom stereocenters. The van der Waals surface area contributed by atoms with Crippen molar-refractivity contribution in [2.45, 2.75) is 18.2 Å². The summed E-state index contributed by atoms with van der Waals surface area (Å²) < 4.78 is 24.1. The number of thiophene rings is 1. The topological polar surface area (TPSA) is 54.5 Å². The molecule has 1 aromatic rings. The first-order valence-electron chi connectivity index (χ1n) is 5.62. The summed E-state index contributed by atoms with van der Waals surface area (Å²) in [6.07, 6.45) is 2.22. The Bertz CT molecular complexity index is 531. The summed E-state index contributed by atoms with van der Waals surface area (Å²) in [6.45, 7) is 0.598. The van der Waals surface area contributed by atoms with Crippen LogP contribution < -0.4 is 0 Å². The molecular weight excluding hydrogens is 258 g/mol. The van der Waals surface area contributed by atoms with E-state index in [-0.39, 0.29) is 11.7 Å². The smallest absolute Gasteiger partial charge is 0.239 e. The van der Waals surface area contributed by atoms with Crippen LogP contribution >= 0.6 is 11.3 Å². The highest BCUT2D eigenvalue weighted by Gasteiger charge is 2.46. The SMILES string of the molecule is O=C1CS(=O)(=O)[C@H](c2cccs2)N1CC1CC1. The highest BCUT2D eigenvalue weighted by Crippen LogP contribution is 2.39. The lowest BCUT2D eigenvalue weighted by molar-refractivity contribution is -0.128. The molecule has 2 aliphatic rings. The number of amides is 1. The third-order valence-electron chi connectivity index (χ3n) is 3.21. The molecule has 2 fully saturated rings. The molecule has 6 heteroatoms. The number of hydrogen-bond acceptors (Lipinski definition) is 4. The molecule has 0 unspecified atom stereocenters. The van der Waals surface area contributed by atoms with Gasteiger partial charge in [0.15, 0.2) is 15.2 Å². The Morgan fingerprint density at radius 1 is 1.41 bits per heavy atom. The van der Waals surface area contributed by atoms with Gasteiger partial charge in [0.2, 0.25) is 5.91 Å². The number of rotatable bonds is 3. The van der Waals surface area contributed by atoms with Gasteiger partial charge in [-0.25, -0.2) is 8.42 Å². The zero-order valence-electron chi connectivity index (χ0n) is 9.20. The predicted octanol–water partition coefficient (Wildman–Crippen LogP) is 1.41. The van der Waals surface area contributed by atoms with Crippen molar-refractivity contribution in [2.24, 2.45) is 5.92 Å². The van der Waals surface area contributed by atoms with Crippen LogP contribution in [0.5, 0.6) is 0 Å². The van der Waals surface area contributed by atoms with Crippen LogP contribution in [0.15, 0.2) is 17.5 Å². The Labute approximate surface area is 104 Å². The van der Waals surface area contributed by atoms with E-state index < -0.39 is 15.2 Å². The van der Waals surface area contributed by atoms with Crippen molar-refractivity contribution in [1.82, 2.24) is 4.90 Å². The van der Waals surface area contributed by atoms with E-state index in [1.165, 1.54) is 11.3 Å². The van der Waals surface area contributed by atoms with Crippen LogP contribution in [0.3, 0.4) is 0 Å². The van der Waals surface area contributed by atoms with Gasteiger partial charge in [0, 0.05) is 11.4 Å². The Morgan fingerprint density at radius 3 is 2.76 bits per heavy atom. The van der Waals surface area contributed by atoms with E-state index in [4.69, 9.17) is 0 Å². The van der Waals surface area contributed by atoms with Crippen molar-refractivity contribution in [3.8, 4) is 0 Å². The number of carbonyl (C=O) groups excluding carboxylic acids is 1. The Hall–Kier alpha value is -0.880. The summed E-state index contributed by atoms with van der Waals surface area (Å²) in [5.74, 6) is -0.0625. The van der Waals surface area contributed by atoms with Crippen LogP contribution in [-0.2, 0) is 14.6 Å². The standard InChI is InChI=1S/C11H13NO3S2/c13-10-7-17(14,15)11(9-2-1-5-16-9)12(10)6-8-3-4-8/h1-2,5,8,11H,3-4,6-7H2/t11-/m1/s1. The van der Waals surface area contributed by atoms with Gasteiger partial charge in [0.1, 0.15) is 5.75 Å². The molecule has 1 saturated carbocycles. The molecule has 0 N–H and O–H groups in total. The maximum Gasteiger partial charge on any atom is 0.239 e. The van der Waals surface area contributed by atoms with E-state index >= 15 is 0 Å². The maximum absolute atomic E-state index is 12.0. The first-order valence-corrected chi connectivity index (χ1v) is 8.22. The van der Waals surface area contributed by atoms with Gasteiger partial charge in [0.25, 0.3) is 0 Å². The Morgan fingerprint density at radius 2 is 2.18 bits per heavy atom. The largest absolute Gasteiger partial charge is 0.320 e. The van der Waals surface area contributed by atoms with Gasteiger partial charge in [-0.05, 0) is 30.2 Å². The Balaban J connectivity index is 1.96. The summed E-state index contributed by atoms with van der Waals surface area (Å²) in [4.78, 5) is 14.1. The normalized spacial score (nSPS) is 27.6. The van der Waals surface area contributed by atoms with Gasteiger partial charge >= 0.3 is 0 Å². The Kier molecular flexibility index (Phi) is 2.52. The van der Waals surface area contributed by atoms with Gasteiger partial charge in [0.05, 0.1) is 0 Å². The predicted molar refractivity (Wildman–Crippen MR) is 65.3 cm³/mol. The molecule has 92 valence electrons. The number of sulfone groups is 1. The molecule has 1 amide bonds. The lowest BCUT2D eigenvalue weighted by Crippen LogP contribution is -2.30. The van der Waals surface area contributed by atoms with Crippen LogP contribution in [0.1, 0.15) is 23.1 Å². The average molecular weight is 271 g/mol. The van der Waals surface area contributed by atoms with Crippen molar-refractivity contribution in [3.63, 3.8) is 0 Å². The van der Waals surface area contributed by atoms with Crippen LogP contribution in [0, 0.1) is 5.92 Å². The number of nitrogens with zero attached hydrogens (tertiary/aromatic N) is 1. The van der Waals surface area contributed by atoms with Crippen molar-refractivity contribution in [2.75, 3.05) is 12.3 Å². The third-order valence-corrected chi connectivity index (χ3v) is 6.12. The minimum Gasteiger partial charge on any atom is -0.320 e. The maximum atomic E-state index is 12.0. The highest BCUT2D eigenvalue weighted by atomic mass is 32.2. The van der Waals surface area contributed by atoms with Gasteiger partial charge in [-0.15, -0.1) is 11.3 Å². The molecule has 4 nitrogen and oxygen atoms in total. The summed E-state index contributed by atoms with van der Waals surface area (Å²) in [5.41, 5.74) is 0. The molecule has 3 rings (SSSR count). The molecule has 1 aliphatic heterocycles. The van der Waals surface area contributed by atoms with E-state index in [1.54, 1.807) is 11.0 Å². The molecule has 0 aromatic carbocycles. The lowest BCUT2D eigenvalue weighted by Gasteiger charge is -2.22.